The zero-order valence-electron chi connectivity index (χ0n) is 13.6. The Bertz CT molecular complexity index is 912. The first-order chi connectivity index (χ1) is 12.1. The number of carbonyl (C=O) groups is 1. The van der Waals surface area contributed by atoms with Crippen molar-refractivity contribution in [3.05, 3.63) is 42.6 Å². The number of carboxylic acid groups (broad SMARTS) is 1. The maximum absolute atomic E-state index is 10.7. The van der Waals surface area contributed by atoms with Crippen molar-refractivity contribution in [2.24, 2.45) is 0 Å². The van der Waals surface area contributed by atoms with E-state index in [0.717, 1.165) is 5.39 Å². The molecule has 1 aromatic carbocycles. The summed E-state index contributed by atoms with van der Waals surface area (Å²) >= 11 is 0. The summed E-state index contributed by atoms with van der Waals surface area (Å²) in [5.74, 6) is 1.28. The van der Waals surface area contributed by atoms with Gasteiger partial charge in [0.05, 0.1) is 32.1 Å². The van der Waals surface area contributed by atoms with Crippen LogP contribution in [0.5, 0.6) is 23.0 Å². The Morgan fingerprint density at radius 1 is 1.04 bits per heavy atom. The van der Waals surface area contributed by atoms with E-state index in [4.69, 9.17) is 19.3 Å². The second kappa shape index (κ2) is 7.00. The first-order valence-electron chi connectivity index (χ1n) is 7.32. The quantitative estimate of drug-likeness (QED) is 0.729. The van der Waals surface area contributed by atoms with Gasteiger partial charge in [-0.25, -0.2) is 9.97 Å². The van der Waals surface area contributed by atoms with Crippen LogP contribution in [-0.4, -0.2) is 40.2 Å². The van der Waals surface area contributed by atoms with Crippen LogP contribution in [0.15, 0.2) is 36.8 Å². The minimum atomic E-state index is -0.991. The molecule has 3 aromatic rings. The third-order valence-electron chi connectivity index (χ3n) is 3.43. The molecule has 0 aliphatic carbocycles. The van der Waals surface area contributed by atoms with Crippen LogP contribution >= 0.6 is 0 Å². The van der Waals surface area contributed by atoms with Crippen molar-refractivity contribution in [2.45, 2.75) is 6.42 Å². The molecule has 0 saturated carbocycles. The smallest absolute Gasteiger partial charge is 0.311 e. The number of hydrogen-bond acceptors (Lipinski definition) is 7. The van der Waals surface area contributed by atoms with E-state index in [1.807, 2.05) is 0 Å². The lowest BCUT2D eigenvalue weighted by atomic mass is 10.2. The molecule has 0 aliphatic rings. The van der Waals surface area contributed by atoms with Crippen LogP contribution in [0.2, 0.25) is 0 Å². The van der Waals surface area contributed by atoms with E-state index in [-0.39, 0.29) is 12.2 Å². The number of fused-ring (bicyclic) bond motifs is 1. The van der Waals surface area contributed by atoms with Crippen LogP contribution in [0.4, 0.5) is 0 Å². The van der Waals surface area contributed by atoms with Gasteiger partial charge in [-0.05, 0) is 12.1 Å². The SMILES string of the molecule is COc1cc2nccc(Oc3cnc(CC(=O)O)nc3)c2cc1OC. The van der Waals surface area contributed by atoms with E-state index in [1.54, 1.807) is 38.6 Å². The van der Waals surface area contributed by atoms with Crippen molar-refractivity contribution in [3.63, 3.8) is 0 Å². The number of carboxylic acids is 1. The van der Waals surface area contributed by atoms with Crippen LogP contribution in [0.25, 0.3) is 10.9 Å². The molecular weight excluding hydrogens is 326 g/mol. The minimum absolute atomic E-state index is 0.214. The van der Waals surface area contributed by atoms with Gasteiger partial charge in [0.1, 0.15) is 18.0 Å². The summed E-state index contributed by atoms with van der Waals surface area (Å²) in [7, 11) is 3.11. The summed E-state index contributed by atoms with van der Waals surface area (Å²) in [5.41, 5.74) is 0.679. The molecule has 8 nitrogen and oxygen atoms in total. The van der Waals surface area contributed by atoms with Gasteiger partial charge in [0.2, 0.25) is 0 Å². The van der Waals surface area contributed by atoms with Crippen LogP contribution in [0.3, 0.4) is 0 Å². The van der Waals surface area contributed by atoms with Gasteiger partial charge in [-0.2, -0.15) is 0 Å². The number of methoxy groups -OCH3 is 2. The number of benzene rings is 1. The highest BCUT2D eigenvalue weighted by atomic mass is 16.5. The molecule has 0 bridgehead atoms. The van der Waals surface area contributed by atoms with Crippen molar-refractivity contribution in [2.75, 3.05) is 14.2 Å². The number of aromatic nitrogens is 3. The van der Waals surface area contributed by atoms with Gasteiger partial charge in [0.15, 0.2) is 17.2 Å². The van der Waals surface area contributed by atoms with E-state index in [0.29, 0.717) is 28.5 Å². The molecule has 25 heavy (non-hydrogen) atoms. The second-order valence-electron chi connectivity index (χ2n) is 5.04. The molecule has 0 fully saturated rings. The minimum Gasteiger partial charge on any atom is -0.493 e. The molecule has 0 unspecified atom stereocenters. The van der Waals surface area contributed by atoms with Gasteiger partial charge < -0.3 is 19.3 Å². The number of ether oxygens (including phenoxy) is 3. The Morgan fingerprint density at radius 3 is 2.36 bits per heavy atom. The summed E-state index contributed by atoms with van der Waals surface area (Å²) in [6, 6.07) is 5.24. The molecule has 8 heteroatoms. The Kier molecular flexibility index (Phi) is 4.60. The topological polar surface area (TPSA) is 104 Å². The fourth-order valence-electron chi connectivity index (χ4n) is 2.29. The zero-order valence-corrected chi connectivity index (χ0v) is 13.6. The molecule has 0 saturated heterocycles. The van der Waals surface area contributed by atoms with Gasteiger partial charge in [-0.1, -0.05) is 0 Å². The largest absolute Gasteiger partial charge is 0.493 e. The Hall–Kier alpha value is -3.42. The molecule has 1 N–H and O–H groups in total. The number of pyridine rings is 1. The van der Waals surface area contributed by atoms with Crippen molar-refractivity contribution < 1.29 is 24.1 Å². The maximum atomic E-state index is 10.7. The Morgan fingerprint density at radius 2 is 1.72 bits per heavy atom. The summed E-state index contributed by atoms with van der Waals surface area (Å²) in [6.07, 6.45) is 4.23. The highest BCUT2D eigenvalue weighted by Gasteiger charge is 2.12. The molecule has 2 heterocycles. The van der Waals surface area contributed by atoms with Crippen LogP contribution < -0.4 is 14.2 Å². The highest BCUT2D eigenvalue weighted by molar-refractivity contribution is 5.88. The summed E-state index contributed by atoms with van der Waals surface area (Å²) < 4.78 is 16.4. The number of aliphatic carboxylic acids is 1. The van der Waals surface area contributed by atoms with Crippen molar-refractivity contribution >= 4 is 16.9 Å². The molecule has 0 radical (unpaired) electrons. The number of nitrogens with zero attached hydrogens (tertiary/aromatic N) is 3. The van der Waals surface area contributed by atoms with Gasteiger partial charge in [0, 0.05) is 17.6 Å². The van der Waals surface area contributed by atoms with E-state index >= 15 is 0 Å². The third kappa shape index (κ3) is 3.57. The highest BCUT2D eigenvalue weighted by Crippen LogP contribution is 2.36. The fraction of sp³-hybridized carbons (Fsp3) is 0.176. The second-order valence-corrected chi connectivity index (χ2v) is 5.04. The lowest BCUT2D eigenvalue weighted by Crippen LogP contribution is -2.04. The summed E-state index contributed by atoms with van der Waals surface area (Å²) in [5, 5.41) is 9.47. The molecule has 2 aromatic heterocycles. The molecule has 0 spiro atoms. The van der Waals surface area contributed by atoms with E-state index in [2.05, 4.69) is 15.0 Å². The number of rotatable bonds is 6. The molecule has 0 aliphatic heterocycles. The Labute approximate surface area is 143 Å². The molecule has 0 atom stereocenters. The van der Waals surface area contributed by atoms with Crippen LogP contribution in [-0.2, 0) is 11.2 Å². The monoisotopic (exact) mass is 341 g/mol. The van der Waals surface area contributed by atoms with Gasteiger partial charge >= 0.3 is 5.97 Å². The Balaban J connectivity index is 1.94. The van der Waals surface area contributed by atoms with E-state index in [1.165, 1.54) is 12.4 Å². The van der Waals surface area contributed by atoms with Crippen molar-refractivity contribution in [1.82, 2.24) is 15.0 Å². The van der Waals surface area contributed by atoms with E-state index in [9.17, 15) is 4.79 Å². The molecule has 3 rings (SSSR count). The average Bonchev–Trinajstić information content (AvgIpc) is 2.62. The summed E-state index contributed by atoms with van der Waals surface area (Å²) in [6.45, 7) is 0. The lowest BCUT2D eigenvalue weighted by Gasteiger charge is -2.12. The van der Waals surface area contributed by atoms with Crippen LogP contribution in [0, 0.1) is 0 Å². The van der Waals surface area contributed by atoms with Gasteiger partial charge in [-0.3, -0.25) is 9.78 Å². The summed E-state index contributed by atoms with van der Waals surface area (Å²) in [4.78, 5) is 22.9. The average molecular weight is 341 g/mol. The maximum Gasteiger partial charge on any atom is 0.311 e. The fourth-order valence-corrected chi connectivity index (χ4v) is 2.29. The first kappa shape index (κ1) is 16.4. The van der Waals surface area contributed by atoms with Crippen LogP contribution in [0.1, 0.15) is 5.82 Å². The predicted octanol–water partition coefficient (Wildman–Crippen LogP) is 2.46. The third-order valence-corrected chi connectivity index (χ3v) is 3.43. The zero-order chi connectivity index (χ0) is 17.8. The van der Waals surface area contributed by atoms with Crippen molar-refractivity contribution in [1.29, 1.82) is 0 Å². The van der Waals surface area contributed by atoms with E-state index < -0.39 is 5.97 Å². The molecule has 0 amide bonds. The van der Waals surface area contributed by atoms with Gasteiger partial charge in [0.25, 0.3) is 0 Å². The predicted molar refractivity (Wildman–Crippen MR) is 88.3 cm³/mol. The lowest BCUT2D eigenvalue weighted by molar-refractivity contribution is -0.136. The normalized spacial score (nSPS) is 10.5. The first-order valence-corrected chi connectivity index (χ1v) is 7.32. The number of hydrogen-bond donors (Lipinski definition) is 1. The van der Waals surface area contributed by atoms with Crippen molar-refractivity contribution in [3.8, 4) is 23.0 Å². The van der Waals surface area contributed by atoms with Gasteiger partial charge in [-0.15, -0.1) is 0 Å². The standard InChI is InChI=1S/C17H15N3O5/c1-23-14-5-11-12(6-15(14)24-2)18-4-3-13(11)25-10-8-19-16(20-9-10)7-17(21)22/h3-6,8-9H,7H2,1-2H3,(H,21,22). The molecular formula is C17H15N3O5. The molecule has 128 valence electrons.